The highest BCUT2D eigenvalue weighted by atomic mass is 15.1. The van der Waals surface area contributed by atoms with Gasteiger partial charge in [-0.2, -0.15) is 15.6 Å². The first-order chi connectivity index (χ1) is 8.35. The van der Waals surface area contributed by atoms with Crippen LogP contribution >= 0.6 is 0 Å². The summed E-state index contributed by atoms with van der Waals surface area (Å²) in [5, 5.41) is 25.0. The molecule has 0 spiro atoms. The smallest absolute Gasteiger partial charge is 0.129 e. The predicted octanol–water partition coefficient (Wildman–Crippen LogP) is 2.55. The summed E-state index contributed by atoms with van der Waals surface area (Å²) in [6, 6.07) is 9.42. The van der Waals surface area contributed by atoms with Crippen LogP contribution in [0.25, 0.3) is 17.0 Å². The molecule has 0 aliphatic rings. The molecule has 0 unspecified atom stereocenters. The van der Waals surface area contributed by atoms with Gasteiger partial charge in [-0.1, -0.05) is 30.4 Å². The van der Waals surface area contributed by atoms with E-state index < -0.39 is 0 Å². The number of para-hydroxylation sites is 1. The Labute approximate surface area is 98.1 Å². The Morgan fingerprint density at radius 3 is 2.88 bits per heavy atom. The van der Waals surface area contributed by atoms with Crippen LogP contribution in [0.4, 0.5) is 0 Å². The van der Waals surface area contributed by atoms with Gasteiger partial charge in [-0.15, -0.1) is 0 Å². The van der Waals surface area contributed by atoms with Crippen molar-refractivity contribution in [2.24, 2.45) is 0 Å². The van der Waals surface area contributed by atoms with Crippen molar-refractivity contribution in [2.75, 3.05) is 0 Å². The summed E-state index contributed by atoms with van der Waals surface area (Å²) in [5.74, 6) is 0. The standard InChI is InChI=1S/C13H8N4/c14-7-10(8-15)3-1-4-11-5-2-6-12-9-16-17-13(11)12/h1-6,9H,(H,16,17)/b4-1+. The first kappa shape index (κ1) is 10.7. The van der Waals surface area contributed by atoms with Crippen molar-refractivity contribution >= 4 is 17.0 Å². The molecule has 0 fully saturated rings. The minimum Gasteiger partial charge on any atom is -0.277 e. The van der Waals surface area contributed by atoms with Crippen LogP contribution in [-0.4, -0.2) is 10.2 Å². The zero-order valence-electron chi connectivity index (χ0n) is 8.88. The molecule has 2 aromatic rings. The number of benzene rings is 1. The van der Waals surface area contributed by atoms with Crippen LogP contribution in [0.5, 0.6) is 0 Å². The van der Waals surface area contributed by atoms with Crippen molar-refractivity contribution in [3.8, 4) is 12.1 Å². The number of aromatic amines is 1. The van der Waals surface area contributed by atoms with E-state index in [-0.39, 0.29) is 5.57 Å². The van der Waals surface area contributed by atoms with Crippen LogP contribution in [0.2, 0.25) is 0 Å². The number of H-pyrrole nitrogens is 1. The summed E-state index contributed by atoms with van der Waals surface area (Å²) in [5.41, 5.74) is 1.98. The van der Waals surface area contributed by atoms with Crippen LogP contribution in [0.1, 0.15) is 5.56 Å². The summed E-state index contributed by atoms with van der Waals surface area (Å²) >= 11 is 0. The molecule has 1 heterocycles. The van der Waals surface area contributed by atoms with Gasteiger partial charge in [0.1, 0.15) is 17.7 Å². The second kappa shape index (κ2) is 4.78. The lowest BCUT2D eigenvalue weighted by Crippen LogP contribution is -1.76. The first-order valence-corrected chi connectivity index (χ1v) is 4.96. The van der Waals surface area contributed by atoms with E-state index in [0.29, 0.717) is 0 Å². The summed E-state index contributed by atoms with van der Waals surface area (Å²) < 4.78 is 0. The molecule has 2 rings (SSSR count). The third kappa shape index (κ3) is 2.22. The van der Waals surface area contributed by atoms with Gasteiger partial charge in [0.25, 0.3) is 0 Å². The minimum atomic E-state index is 0.0815. The lowest BCUT2D eigenvalue weighted by molar-refractivity contribution is 1.12. The molecular formula is C13H8N4. The van der Waals surface area contributed by atoms with Crippen LogP contribution in [0, 0.1) is 22.7 Å². The molecule has 1 aromatic carbocycles. The molecular weight excluding hydrogens is 212 g/mol. The van der Waals surface area contributed by atoms with E-state index in [1.165, 1.54) is 6.08 Å². The van der Waals surface area contributed by atoms with E-state index in [1.54, 1.807) is 24.4 Å². The topological polar surface area (TPSA) is 76.3 Å². The summed E-state index contributed by atoms with van der Waals surface area (Å²) in [6.45, 7) is 0. The third-order valence-electron chi connectivity index (χ3n) is 2.29. The molecule has 1 N–H and O–H groups in total. The number of aromatic nitrogens is 2. The average Bonchev–Trinajstić information content (AvgIpc) is 2.83. The highest BCUT2D eigenvalue weighted by Crippen LogP contribution is 2.16. The molecule has 4 heteroatoms. The number of nitrogens with one attached hydrogen (secondary N) is 1. The molecule has 0 aliphatic heterocycles. The van der Waals surface area contributed by atoms with E-state index in [4.69, 9.17) is 10.5 Å². The van der Waals surface area contributed by atoms with E-state index >= 15 is 0 Å². The van der Waals surface area contributed by atoms with E-state index in [0.717, 1.165) is 16.5 Å². The fourth-order valence-electron chi connectivity index (χ4n) is 1.48. The quantitative estimate of drug-likeness (QED) is 0.624. The molecule has 0 amide bonds. The van der Waals surface area contributed by atoms with E-state index in [1.807, 2.05) is 24.3 Å². The number of hydrogen-bond acceptors (Lipinski definition) is 3. The monoisotopic (exact) mass is 220 g/mol. The van der Waals surface area contributed by atoms with Gasteiger partial charge in [-0.05, 0) is 6.08 Å². The van der Waals surface area contributed by atoms with Crippen LogP contribution in [0.3, 0.4) is 0 Å². The van der Waals surface area contributed by atoms with Gasteiger partial charge in [0.2, 0.25) is 0 Å². The number of rotatable bonds is 2. The summed E-state index contributed by atoms with van der Waals surface area (Å²) in [6.07, 6.45) is 6.74. The van der Waals surface area contributed by atoms with E-state index in [9.17, 15) is 0 Å². The highest BCUT2D eigenvalue weighted by Gasteiger charge is 1.98. The molecule has 0 saturated carbocycles. The van der Waals surface area contributed by atoms with Crippen LogP contribution in [0.15, 0.2) is 42.1 Å². The Balaban J connectivity index is 2.34. The fraction of sp³-hybridized carbons (Fsp3) is 0. The van der Waals surface area contributed by atoms with Gasteiger partial charge >= 0.3 is 0 Å². The zero-order valence-corrected chi connectivity index (χ0v) is 8.88. The molecule has 0 radical (unpaired) electrons. The normalized spacial score (nSPS) is 10.0. The Morgan fingerprint density at radius 2 is 2.12 bits per heavy atom. The van der Waals surface area contributed by atoms with Gasteiger partial charge in [-0.3, -0.25) is 5.10 Å². The molecule has 4 nitrogen and oxygen atoms in total. The molecule has 80 valence electrons. The molecule has 0 aliphatic carbocycles. The first-order valence-electron chi connectivity index (χ1n) is 4.96. The van der Waals surface area contributed by atoms with Crippen molar-refractivity contribution in [2.45, 2.75) is 0 Å². The Kier molecular flexibility index (Phi) is 3.00. The number of allylic oxidation sites excluding steroid dienone is 3. The average molecular weight is 220 g/mol. The lowest BCUT2D eigenvalue weighted by Gasteiger charge is -1.94. The molecule has 0 bridgehead atoms. The molecule has 1 aromatic heterocycles. The number of hydrogen-bond donors (Lipinski definition) is 1. The van der Waals surface area contributed by atoms with Gasteiger partial charge in [0, 0.05) is 10.9 Å². The van der Waals surface area contributed by atoms with Crippen molar-refractivity contribution in [1.82, 2.24) is 10.2 Å². The number of fused-ring (bicyclic) bond motifs is 1. The predicted molar refractivity (Wildman–Crippen MR) is 64.4 cm³/mol. The maximum absolute atomic E-state index is 8.57. The van der Waals surface area contributed by atoms with E-state index in [2.05, 4.69) is 10.2 Å². The lowest BCUT2D eigenvalue weighted by atomic mass is 10.1. The zero-order chi connectivity index (χ0) is 12.1. The van der Waals surface area contributed by atoms with Crippen molar-refractivity contribution in [1.29, 1.82) is 10.5 Å². The molecule has 0 saturated heterocycles. The third-order valence-corrected chi connectivity index (χ3v) is 2.29. The van der Waals surface area contributed by atoms with Gasteiger partial charge < -0.3 is 0 Å². The summed E-state index contributed by atoms with van der Waals surface area (Å²) in [7, 11) is 0. The molecule has 0 atom stereocenters. The highest BCUT2D eigenvalue weighted by molar-refractivity contribution is 5.86. The van der Waals surface area contributed by atoms with Gasteiger partial charge in [0.05, 0.1) is 11.7 Å². The van der Waals surface area contributed by atoms with Gasteiger partial charge in [-0.25, -0.2) is 0 Å². The van der Waals surface area contributed by atoms with Crippen LogP contribution < -0.4 is 0 Å². The maximum atomic E-state index is 8.57. The van der Waals surface area contributed by atoms with Crippen molar-refractivity contribution < 1.29 is 0 Å². The molecule has 17 heavy (non-hydrogen) atoms. The second-order valence-corrected chi connectivity index (χ2v) is 3.34. The SMILES string of the molecule is N#CC(C#N)=C/C=C/c1cccc2cn[nH]c12. The second-order valence-electron chi connectivity index (χ2n) is 3.34. The van der Waals surface area contributed by atoms with Crippen molar-refractivity contribution in [3.63, 3.8) is 0 Å². The van der Waals surface area contributed by atoms with Crippen molar-refractivity contribution in [3.05, 3.63) is 47.7 Å². The largest absolute Gasteiger partial charge is 0.277 e. The maximum Gasteiger partial charge on any atom is 0.129 e. The fourth-order valence-corrected chi connectivity index (χ4v) is 1.48. The minimum absolute atomic E-state index is 0.0815. The Morgan fingerprint density at radius 1 is 1.29 bits per heavy atom. The number of nitriles is 2. The Hall–Kier alpha value is -2.85. The van der Waals surface area contributed by atoms with Gasteiger partial charge in [0.15, 0.2) is 0 Å². The summed E-state index contributed by atoms with van der Waals surface area (Å²) in [4.78, 5) is 0. The Bertz CT molecular complexity index is 661. The number of nitrogens with zero attached hydrogens (tertiary/aromatic N) is 3. The van der Waals surface area contributed by atoms with Crippen LogP contribution in [-0.2, 0) is 0 Å².